The van der Waals surface area contributed by atoms with Crippen LogP contribution in [0.5, 0.6) is 0 Å². The van der Waals surface area contributed by atoms with E-state index in [1.165, 1.54) is 0 Å². The van der Waals surface area contributed by atoms with Gasteiger partial charge in [-0.3, -0.25) is 4.84 Å². The number of H-pyrrole nitrogens is 1. The highest BCUT2D eigenvalue weighted by Gasteiger charge is 2.37. The average molecular weight is 216 g/mol. The van der Waals surface area contributed by atoms with E-state index >= 15 is 0 Å². The van der Waals surface area contributed by atoms with Gasteiger partial charge >= 0.3 is 0 Å². The summed E-state index contributed by atoms with van der Waals surface area (Å²) in [5.41, 5.74) is 0.960. The third kappa shape index (κ3) is 1.92. The van der Waals surface area contributed by atoms with E-state index in [9.17, 15) is 0 Å². The molecule has 1 aromatic rings. The quantitative estimate of drug-likeness (QED) is 0.827. The van der Waals surface area contributed by atoms with Crippen LogP contribution in [0.2, 0.25) is 0 Å². The second-order valence-electron chi connectivity index (χ2n) is 3.65. The van der Waals surface area contributed by atoms with Crippen LogP contribution >= 0.6 is 0 Å². The van der Waals surface area contributed by atoms with Gasteiger partial charge in [-0.15, -0.1) is 0 Å². The van der Waals surface area contributed by atoms with Gasteiger partial charge in [-0.05, 0) is 12.1 Å². The molecule has 1 N–H and O–H groups in total. The Morgan fingerprint density at radius 3 is 3.06 bits per heavy atom. The molecule has 2 atom stereocenters. The molecule has 2 heterocycles. The normalized spacial score (nSPS) is 25.1. The van der Waals surface area contributed by atoms with Crippen molar-refractivity contribution >= 4 is 0 Å². The Hall–Kier alpha value is -1.82. The Kier molecular flexibility index (Phi) is 3.21. The van der Waals surface area contributed by atoms with Gasteiger partial charge in [-0.2, -0.15) is 15.6 Å². The maximum Gasteiger partial charge on any atom is 0.0951 e. The number of nitrogens with zero attached hydrogens (tertiary/aromatic N) is 3. The van der Waals surface area contributed by atoms with Crippen molar-refractivity contribution in [2.45, 2.75) is 12.5 Å². The van der Waals surface area contributed by atoms with Gasteiger partial charge in [-0.25, -0.2) is 0 Å². The van der Waals surface area contributed by atoms with Crippen molar-refractivity contribution in [3.05, 3.63) is 24.0 Å². The van der Waals surface area contributed by atoms with Gasteiger partial charge in [0.2, 0.25) is 0 Å². The Labute approximate surface area is 93.8 Å². The molecule has 0 unspecified atom stereocenters. The molecule has 1 fully saturated rings. The minimum Gasteiger partial charge on any atom is -0.364 e. The van der Waals surface area contributed by atoms with Crippen molar-refractivity contribution < 1.29 is 4.84 Å². The highest BCUT2D eigenvalue weighted by Crippen LogP contribution is 2.33. The molecule has 0 radical (unpaired) electrons. The number of hydrogen-bond donors (Lipinski definition) is 1. The van der Waals surface area contributed by atoms with Crippen molar-refractivity contribution in [2.24, 2.45) is 5.92 Å². The Bertz CT molecular complexity index is 414. The third-order valence-electron chi connectivity index (χ3n) is 2.66. The molecule has 0 aromatic carbocycles. The van der Waals surface area contributed by atoms with E-state index in [4.69, 9.17) is 15.4 Å². The van der Waals surface area contributed by atoms with Crippen LogP contribution in [-0.2, 0) is 4.84 Å². The largest absolute Gasteiger partial charge is 0.364 e. The zero-order chi connectivity index (χ0) is 11.4. The molecule has 2 rings (SSSR count). The van der Waals surface area contributed by atoms with Gasteiger partial charge in [0.25, 0.3) is 0 Å². The monoisotopic (exact) mass is 216 g/mol. The maximum atomic E-state index is 9.04. The first-order chi connectivity index (χ1) is 7.86. The second kappa shape index (κ2) is 4.80. The van der Waals surface area contributed by atoms with Crippen molar-refractivity contribution in [1.29, 1.82) is 10.5 Å². The molecule has 0 spiro atoms. The lowest BCUT2D eigenvalue weighted by atomic mass is 10.0. The fourth-order valence-corrected chi connectivity index (χ4v) is 1.92. The predicted molar refractivity (Wildman–Crippen MR) is 55.5 cm³/mol. The zero-order valence-electron chi connectivity index (χ0n) is 8.76. The first-order valence-corrected chi connectivity index (χ1v) is 5.16. The van der Waals surface area contributed by atoms with E-state index in [1.807, 2.05) is 18.3 Å². The van der Waals surface area contributed by atoms with Crippen LogP contribution < -0.4 is 0 Å². The highest BCUT2D eigenvalue weighted by molar-refractivity contribution is 5.14. The summed E-state index contributed by atoms with van der Waals surface area (Å²) in [5.74, 6) is -0.183. The molecule has 1 aromatic heterocycles. The molecular weight excluding hydrogens is 204 g/mol. The number of nitriles is 2. The standard InChI is InChI=1S/C11H12N4O/c12-4-2-6-15-11(9(7-13)8-16-15)10-3-1-5-14-10/h1,3,5,9,11,14H,2,6,8H2/t9-,11+/m0/s1. The van der Waals surface area contributed by atoms with Gasteiger partial charge in [0.05, 0.1) is 37.1 Å². The van der Waals surface area contributed by atoms with Gasteiger partial charge in [0, 0.05) is 18.4 Å². The first-order valence-electron chi connectivity index (χ1n) is 5.16. The van der Waals surface area contributed by atoms with E-state index in [0.717, 1.165) is 5.69 Å². The molecule has 0 amide bonds. The topological polar surface area (TPSA) is 75.8 Å². The Morgan fingerprint density at radius 1 is 1.56 bits per heavy atom. The molecule has 16 heavy (non-hydrogen) atoms. The number of aromatic amines is 1. The maximum absolute atomic E-state index is 9.04. The van der Waals surface area contributed by atoms with Crippen molar-refractivity contribution in [3.63, 3.8) is 0 Å². The minimum atomic E-state index is -0.183. The van der Waals surface area contributed by atoms with E-state index in [1.54, 1.807) is 5.06 Å². The lowest BCUT2D eigenvalue weighted by molar-refractivity contribution is -0.132. The van der Waals surface area contributed by atoms with Gasteiger partial charge in [0.15, 0.2) is 0 Å². The fraction of sp³-hybridized carbons (Fsp3) is 0.455. The summed E-state index contributed by atoms with van der Waals surface area (Å²) in [7, 11) is 0. The first kappa shape index (κ1) is 10.7. The van der Waals surface area contributed by atoms with E-state index < -0.39 is 0 Å². The van der Waals surface area contributed by atoms with E-state index in [0.29, 0.717) is 19.6 Å². The molecular formula is C11H12N4O. The summed E-state index contributed by atoms with van der Waals surface area (Å²) in [4.78, 5) is 8.53. The van der Waals surface area contributed by atoms with Crippen LogP contribution in [0.4, 0.5) is 0 Å². The van der Waals surface area contributed by atoms with Crippen LogP contribution in [0.25, 0.3) is 0 Å². The number of hydroxylamine groups is 2. The average Bonchev–Trinajstić information content (AvgIpc) is 2.94. The molecule has 1 aliphatic rings. The molecule has 0 aliphatic carbocycles. The van der Waals surface area contributed by atoms with Gasteiger partial charge < -0.3 is 4.98 Å². The van der Waals surface area contributed by atoms with Crippen LogP contribution in [0.1, 0.15) is 18.2 Å². The molecule has 0 saturated carbocycles. The zero-order valence-corrected chi connectivity index (χ0v) is 8.76. The van der Waals surface area contributed by atoms with Crippen LogP contribution in [0.15, 0.2) is 18.3 Å². The van der Waals surface area contributed by atoms with Gasteiger partial charge in [-0.1, -0.05) is 0 Å². The highest BCUT2D eigenvalue weighted by atomic mass is 16.7. The smallest absolute Gasteiger partial charge is 0.0951 e. The van der Waals surface area contributed by atoms with Crippen molar-refractivity contribution in [3.8, 4) is 12.1 Å². The van der Waals surface area contributed by atoms with Crippen LogP contribution in [-0.4, -0.2) is 23.2 Å². The number of hydrogen-bond acceptors (Lipinski definition) is 4. The summed E-state index contributed by atoms with van der Waals surface area (Å²) in [5, 5.41) is 19.3. The van der Waals surface area contributed by atoms with Crippen molar-refractivity contribution in [2.75, 3.05) is 13.2 Å². The van der Waals surface area contributed by atoms with Gasteiger partial charge in [0.1, 0.15) is 0 Å². The molecule has 5 nitrogen and oxygen atoms in total. The lowest BCUT2D eigenvalue weighted by Gasteiger charge is -2.21. The van der Waals surface area contributed by atoms with E-state index in [2.05, 4.69) is 17.1 Å². The number of nitrogens with one attached hydrogen (secondary N) is 1. The molecule has 5 heteroatoms. The summed E-state index contributed by atoms with van der Waals surface area (Å²) in [6, 6.07) is 8.06. The SMILES string of the molecule is N#CCCN1OC[C@H](C#N)[C@@H]1c1ccc[nH]1. The van der Waals surface area contributed by atoms with Crippen LogP contribution in [0.3, 0.4) is 0 Å². The Morgan fingerprint density at radius 2 is 2.44 bits per heavy atom. The summed E-state index contributed by atoms with van der Waals surface area (Å²) >= 11 is 0. The number of aromatic nitrogens is 1. The summed E-state index contributed by atoms with van der Waals surface area (Å²) < 4.78 is 0. The minimum absolute atomic E-state index is 0.0895. The molecule has 82 valence electrons. The summed E-state index contributed by atoms with van der Waals surface area (Å²) in [6.45, 7) is 0.921. The fourth-order valence-electron chi connectivity index (χ4n) is 1.92. The second-order valence-corrected chi connectivity index (χ2v) is 3.65. The molecule has 1 aliphatic heterocycles. The third-order valence-corrected chi connectivity index (χ3v) is 2.66. The number of rotatable bonds is 3. The van der Waals surface area contributed by atoms with E-state index in [-0.39, 0.29) is 12.0 Å². The Balaban J connectivity index is 2.15. The molecule has 0 bridgehead atoms. The van der Waals surface area contributed by atoms with Crippen LogP contribution in [0, 0.1) is 28.6 Å². The van der Waals surface area contributed by atoms with Crippen molar-refractivity contribution in [1.82, 2.24) is 10.0 Å². The molecule has 1 saturated heterocycles. The summed E-state index contributed by atoms with van der Waals surface area (Å²) in [6.07, 6.45) is 2.22. The predicted octanol–water partition coefficient (Wildman–Crippen LogP) is 1.36. The lowest BCUT2D eigenvalue weighted by Crippen LogP contribution is -2.25.